The van der Waals surface area contributed by atoms with Crippen LogP contribution in [0.25, 0.3) is 0 Å². The van der Waals surface area contributed by atoms with Crippen molar-refractivity contribution in [2.75, 3.05) is 26.7 Å². The van der Waals surface area contributed by atoms with Gasteiger partial charge >= 0.3 is 0 Å². The number of nitrogens with zero attached hydrogens (tertiary/aromatic N) is 1. The molecule has 106 valence electrons. The van der Waals surface area contributed by atoms with Crippen LogP contribution in [0.15, 0.2) is 0 Å². The van der Waals surface area contributed by atoms with E-state index in [1.54, 1.807) is 0 Å². The Morgan fingerprint density at radius 2 is 2.11 bits per heavy atom. The van der Waals surface area contributed by atoms with Crippen molar-refractivity contribution in [3.8, 4) is 0 Å². The van der Waals surface area contributed by atoms with Gasteiger partial charge in [-0.1, -0.05) is 20.8 Å². The van der Waals surface area contributed by atoms with Crippen LogP contribution in [0, 0.1) is 5.41 Å². The molecule has 3 heteroatoms. The maximum atomic E-state index is 5.80. The molecule has 2 rings (SSSR count). The predicted octanol–water partition coefficient (Wildman–Crippen LogP) is 2.26. The van der Waals surface area contributed by atoms with Gasteiger partial charge in [-0.05, 0) is 44.7 Å². The van der Waals surface area contributed by atoms with Gasteiger partial charge in [0.25, 0.3) is 0 Å². The summed E-state index contributed by atoms with van der Waals surface area (Å²) in [6.45, 7) is 10.3. The molecule has 3 nitrogen and oxygen atoms in total. The van der Waals surface area contributed by atoms with E-state index >= 15 is 0 Å². The zero-order chi connectivity index (χ0) is 13.2. The second-order valence-corrected chi connectivity index (χ2v) is 6.58. The molecule has 2 fully saturated rings. The third-order valence-electron chi connectivity index (χ3n) is 4.96. The smallest absolute Gasteiger partial charge is 0.0702 e. The Hall–Kier alpha value is -0.120. The minimum absolute atomic E-state index is 0.420. The molecule has 3 unspecified atom stereocenters. The SMILES string of the molecule is CCN(CC1CCCO1)C1CCC(C)(C)C1NC. The molecule has 3 atom stereocenters. The van der Waals surface area contributed by atoms with Crippen LogP contribution in [0.1, 0.15) is 46.5 Å². The summed E-state index contributed by atoms with van der Waals surface area (Å²) in [5, 5.41) is 3.56. The molecule has 1 aliphatic carbocycles. The molecule has 2 aliphatic rings. The first-order chi connectivity index (χ1) is 8.58. The zero-order valence-electron chi connectivity index (χ0n) is 12.5. The van der Waals surface area contributed by atoms with Crippen LogP contribution in [0.4, 0.5) is 0 Å². The fourth-order valence-electron chi connectivity index (χ4n) is 3.89. The summed E-state index contributed by atoms with van der Waals surface area (Å²) in [6.07, 6.45) is 5.61. The Morgan fingerprint density at radius 3 is 2.67 bits per heavy atom. The number of hydrogen-bond acceptors (Lipinski definition) is 3. The Morgan fingerprint density at radius 1 is 1.33 bits per heavy atom. The number of rotatable bonds is 5. The summed E-state index contributed by atoms with van der Waals surface area (Å²) in [5.41, 5.74) is 0.420. The number of hydrogen-bond donors (Lipinski definition) is 1. The highest BCUT2D eigenvalue weighted by atomic mass is 16.5. The summed E-state index contributed by atoms with van der Waals surface area (Å²) >= 11 is 0. The molecule has 0 amide bonds. The first-order valence-electron chi connectivity index (χ1n) is 7.61. The van der Waals surface area contributed by atoms with E-state index in [1.165, 1.54) is 25.7 Å². The molecule has 1 saturated heterocycles. The van der Waals surface area contributed by atoms with E-state index in [4.69, 9.17) is 4.74 Å². The van der Waals surface area contributed by atoms with Crippen molar-refractivity contribution in [3.63, 3.8) is 0 Å². The van der Waals surface area contributed by atoms with Crippen molar-refractivity contribution >= 4 is 0 Å². The molecule has 1 N–H and O–H groups in total. The Bertz CT molecular complexity index is 261. The minimum Gasteiger partial charge on any atom is -0.377 e. The van der Waals surface area contributed by atoms with Crippen LogP contribution in [0.2, 0.25) is 0 Å². The van der Waals surface area contributed by atoms with E-state index in [9.17, 15) is 0 Å². The first-order valence-corrected chi connectivity index (χ1v) is 7.61. The number of nitrogens with one attached hydrogen (secondary N) is 1. The lowest BCUT2D eigenvalue weighted by Gasteiger charge is -2.37. The van der Waals surface area contributed by atoms with Crippen molar-refractivity contribution in [1.82, 2.24) is 10.2 Å². The summed E-state index contributed by atoms with van der Waals surface area (Å²) in [5.74, 6) is 0. The van der Waals surface area contributed by atoms with Crippen LogP contribution in [0.5, 0.6) is 0 Å². The fourth-order valence-corrected chi connectivity index (χ4v) is 3.89. The highest BCUT2D eigenvalue weighted by molar-refractivity contribution is 5.00. The molecule has 0 bridgehead atoms. The third-order valence-corrected chi connectivity index (χ3v) is 4.96. The van der Waals surface area contributed by atoms with Gasteiger partial charge < -0.3 is 10.1 Å². The second-order valence-electron chi connectivity index (χ2n) is 6.58. The van der Waals surface area contributed by atoms with Gasteiger partial charge in [0.15, 0.2) is 0 Å². The predicted molar refractivity (Wildman–Crippen MR) is 75.9 cm³/mol. The van der Waals surface area contributed by atoms with E-state index in [0.717, 1.165) is 19.7 Å². The zero-order valence-corrected chi connectivity index (χ0v) is 12.5. The van der Waals surface area contributed by atoms with E-state index in [2.05, 4.69) is 38.0 Å². The van der Waals surface area contributed by atoms with Crippen molar-refractivity contribution in [2.24, 2.45) is 5.41 Å². The maximum Gasteiger partial charge on any atom is 0.0702 e. The molecule has 0 aromatic carbocycles. The van der Waals surface area contributed by atoms with Crippen molar-refractivity contribution in [3.05, 3.63) is 0 Å². The topological polar surface area (TPSA) is 24.5 Å². The monoisotopic (exact) mass is 254 g/mol. The van der Waals surface area contributed by atoms with Crippen LogP contribution in [-0.4, -0.2) is 49.8 Å². The van der Waals surface area contributed by atoms with Crippen molar-refractivity contribution < 1.29 is 4.74 Å². The highest BCUT2D eigenvalue weighted by Gasteiger charge is 2.43. The molecule has 1 aliphatic heterocycles. The summed E-state index contributed by atoms with van der Waals surface area (Å²) < 4.78 is 5.80. The number of likely N-dealkylation sites (N-methyl/N-ethyl adjacent to an activating group) is 2. The van der Waals surface area contributed by atoms with Gasteiger partial charge in [-0.3, -0.25) is 4.90 Å². The standard InChI is InChI=1S/C15H30N2O/c1-5-17(11-12-7-6-10-18-12)13-8-9-15(2,3)14(13)16-4/h12-14,16H,5-11H2,1-4H3. The summed E-state index contributed by atoms with van der Waals surface area (Å²) in [4.78, 5) is 2.64. The van der Waals surface area contributed by atoms with Crippen molar-refractivity contribution in [2.45, 2.75) is 64.6 Å². The van der Waals surface area contributed by atoms with Gasteiger partial charge in [-0.25, -0.2) is 0 Å². The van der Waals surface area contributed by atoms with Gasteiger partial charge in [-0.15, -0.1) is 0 Å². The maximum absolute atomic E-state index is 5.80. The molecule has 1 heterocycles. The third kappa shape index (κ3) is 2.89. The number of ether oxygens (including phenoxy) is 1. The van der Waals surface area contributed by atoms with E-state index in [1.807, 2.05) is 0 Å². The lowest BCUT2D eigenvalue weighted by atomic mass is 9.86. The van der Waals surface area contributed by atoms with Crippen molar-refractivity contribution in [1.29, 1.82) is 0 Å². The Balaban J connectivity index is 1.98. The van der Waals surface area contributed by atoms with Gasteiger partial charge in [0, 0.05) is 25.2 Å². The van der Waals surface area contributed by atoms with Crippen LogP contribution in [-0.2, 0) is 4.74 Å². The molecule has 0 aromatic rings. The van der Waals surface area contributed by atoms with Crippen LogP contribution >= 0.6 is 0 Å². The van der Waals surface area contributed by atoms with E-state index in [0.29, 0.717) is 23.6 Å². The normalized spacial score (nSPS) is 35.5. The van der Waals surface area contributed by atoms with E-state index < -0.39 is 0 Å². The van der Waals surface area contributed by atoms with Crippen LogP contribution in [0.3, 0.4) is 0 Å². The molecule has 0 radical (unpaired) electrons. The van der Waals surface area contributed by atoms with Gasteiger partial charge in [0.05, 0.1) is 6.10 Å². The quantitative estimate of drug-likeness (QED) is 0.814. The molecule has 0 spiro atoms. The summed E-state index contributed by atoms with van der Waals surface area (Å²) in [7, 11) is 2.12. The van der Waals surface area contributed by atoms with Crippen LogP contribution < -0.4 is 5.32 Å². The second kappa shape index (κ2) is 5.89. The average Bonchev–Trinajstić information content (AvgIpc) is 2.93. The minimum atomic E-state index is 0.420. The molecular formula is C15H30N2O. The highest BCUT2D eigenvalue weighted by Crippen LogP contribution is 2.39. The van der Waals surface area contributed by atoms with Gasteiger partial charge in [0.2, 0.25) is 0 Å². The molecule has 18 heavy (non-hydrogen) atoms. The lowest BCUT2D eigenvalue weighted by Crippen LogP contribution is -2.52. The first kappa shape index (κ1) is 14.3. The fraction of sp³-hybridized carbons (Fsp3) is 1.00. The summed E-state index contributed by atoms with van der Waals surface area (Å²) in [6, 6.07) is 1.29. The average molecular weight is 254 g/mol. The van der Waals surface area contributed by atoms with E-state index in [-0.39, 0.29) is 0 Å². The molecular weight excluding hydrogens is 224 g/mol. The lowest BCUT2D eigenvalue weighted by molar-refractivity contribution is 0.0510. The largest absolute Gasteiger partial charge is 0.377 e. The molecule has 0 aromatic heterocycles. The Labute approximate surface area is 112 Å². The van der Waals surface area contributed by atoms with Gasteiger partial charge in [0.1, 0.15) is 0 Å². The Kier molecular flexibility index (Phi) is 4.68. The molecule has 1 saturated carbocycles. The van der Waals surface area contributed by atoms with Gasteiger partial charge in [-0.2, -0.15) is 0 Å².